The molecule has 5 nitrogen and oxygen atoms in total. The molecule has 0 saturated heterocycles. The molecule has 0 aromatic heterocycles. The molecule has 0 unspecified atom stereocenters. The predicted octanol–water partition coefficient (Wildman–Crippen LogP) is 3.56. The van der Waals surface area contributed by atoms with Crippen molar-refractivity contribution in [3.05, 3.63) is 59.1 Å². The van der Waals surface area contributed by atoms with E-state index in [1.54, 1.807) is 30.5 Å². The van der Waals surface area contributed by atoms with Gasteiger partial charge in [0, 0.05) is 30.5 Å². The van der Waals surface area contributed by atoms with Gasteiger partial charge in [0.2, 0.25) is 0 Å². The van der Waals surface area contributed by atoms with E-state index in [2.05, 4.69) is 15.8 Å². The van der Waals surface area contributed by atoms with Crippen LogP contribution in [0.3, 0.4) is 0 Å². The Hall–Kier alpha value is -2.53. The minimum absolute atomic E-state index is 0.427. The molecule has 0 bridgehead atoms. The molecule has 2 N–H and O–H groups in total. The molecule has 0 atom stereocenters. The summed E-state index contributed by atoms with van der Waals surface area (Å²) in [6, 6.07) is 14.3. The maximum Gasteiger partial charge on any atom is 0.339 e. The van der Waals surface area contributed by atoms with Crippen LogP contribution in [0.15, 0.2) is 53.6 Å². The fourth-order valence-corrected chi connectivity index (χ4v) is 1.94. The van der Waals surface area contributed by atoms with Crippen molar-refractivity contribution in [3.8, 4) is 0 Å². The molecule has 2 amide bonds. The molecule has 2 rings (SSSR count). The number of nitrogens with zero attached hydrogens (tertiary/aromatic N) is 2. The first kappa shape index (κ1) is 15.9. The van der Waals surface area contributed by atoms with Crippen LogP contribution in [0.5, 0.6) is 0 Å². The number of hydrogen-bond acceptors (Lipinski definition) is 3. The molecular weight excluding hydrogens is 300 g/mol. The molecule has 0 aliphatic carbocycles. The smallest absolute Gasteiger partial charge is 0.339 e. The van der Waals surface area contributed by atoms with E-state index < -0.39 is 6.03 Å². The number of hydrazone groups is 1. The topological polar surface area (TPSA) is 56.7 Å². The Kier molecular flexibility index (Phi) is 5.38. The molecule has 0 fully saturated rings. The number of anilines is 2. The SMILES string of the molecule is CN(C)c1ccc(C=NNC(=O)Nc2cccc(Cl)c2)cc1. The average Bonchev–Trinajstić information content (AvgIpc) is 2.47. The van der Waals surface area contributed by atoms with Crippen molar-refractivity contribution in [2.24, 2.45) is 5.10 Å². The van der Waals surface area contributed by atoms with Crippen LogP contribution in [0.4, 0.5) is 16.2 Å². The van der Waals surface area contributed by atoms with E-state index in [1.807, 2.05) is 43.3 Å². The number of carbonyl (C=O) groups excluding carboxylic acids is 1. The molecule has 114 valence electrons. The second kappa shape index (κ2) is 7.47. The van der Waals surface area contributed by atoms with Gasteiger partial charge in [-0.15, -0.1) is 0 Å². The Morgan fingerprint density at radius 3 is 2.55 bits per heavy atom. The first-order chi connectivity index (χ1) is 10.5. The fraction of sp³-hybridized carbons (Fsp3) is 0.125. The summed E-state index contributed by atoms with van der Waals surface area (Å²) in [5.41, 5.74) is 5.01. The van der Waals surface area contributed by atoms with Gasteiger partial charge >= 0.3 is 6.03 Å². The van der Waals surface area contributed by atoms with Gasteiger partial charge in [0.1, 0.15) is 0 Å². The maximum atomic E-state index is 11.7. The summed E-state index contributed by atoms with van der Waals surface area (Å²) in [5.74, 6) is 0. The van der Waals surface area contributed by atoms with Crippen LogP contribution < -0.4 is 15.6 Å². The number of hydrogen-bond donors (Lipinski definition) is 2. The Bertz CT molecular complexity index is 668. The van der Waals surface area contributed by atoms with Gasteiger partial charge in [-0.05, 0) is 35.9 Å². The summed E-state index contributed by atoms with van der Waals surface area (Å²) in [5, 5.41) is 7.10. The van der Waals surface area contributed by atoms with Crippen LogP contribution in [-0.4, -0.2) is 26.3 Å². The van der Waals surface area contributed by atoms with Gasteiger partial charge in [0.15, 0.2) is 0 Å². The van der Waals surface area contributed by atoms with Crippen LogP contribution in [-0.2, 0) is 0 Å². The van der Waals surface area contributed by atoms with Gasteiger partial charge in [0.25, 0.3) is 0 Å². The van der Waals surface area contributed by atoms with Crippen molar-refractivity contribution in [3.63, 3.8) is 0 Å². The third-order valence-corrected chi connectivity index (χ3v) is 3.11. The zero-order valence-electron chi connectivity index (χ0n) is 12.4. The molecular formula is C16H17ClN4O. The Morgan fingerprint density at radius 2 is 1.91 bits per heavy atom. The molecule has 0 aliphatic rings. The van der Waals surface area contributed by atoms with E-state index in [-0.39, 0.29) is 0 Å². The lowest BCUT2D eigenvalue weighted by molar-refractivity contribution is 0.252. The van der Waals surface area contributed by atoms with Gasteiger partial charge in [-0.1, -0.05) is 29.8 Å². The number of carbonyl (C=O) groups is 1. The Labute approximate surface area is 134 Å². The van der Waals surface area contributed by atoms with E-state index in [9.17, 15) is 4.79 Å². The lowest BCUT2D eigenvalue weighted by Crippen LogP contribution is -2.24. The van der Waals surface area contributed by atoms with Crippen LogP contribution in [0.2, 0.25) is 5.02 Å². The first-order valence-electron chi connectivity index (χ1n) is 6.67. The normalized spacial score (nSPS) is 10.5. The van der Waals surface area contributed by atoms with E-state index in [4.69, 9.17) is 11.6 Å². The largest absolute Gasteiger partial charge is 0.378 e. The van der Waals surface area contributed by atoms with Gasteiger partial charge in [-0.2, -0.15) is 5.10 Å². The molecule has 6 heteroatoms. The zero-order chi connectivity index (χ0) is 15.9. The van der Waals surface area contributed by atoms with Gasteiger partial charge in [-0.25, -0.2) is 10.2 Å². The number of halogens is 1. The summed E-state index contributed by atoms with van der Waals surface area (Å²) in [6.45, 7) is 0. The summed E-state index contributed by atoms with van der Waals surface area (Å²) in [6.07, 6.45) is 1.58. The highest BCUT2D eigenvalue weighted by molar-refractivity contribution is 6.30. The van der Waals surface area contributed by atoms with Crippen molar-refractivity contribution in [1.82, 2.24) is 5.43 Å². The van der Waals surface area contributed by atoms with Crippen LogP contribution >= 0.6 is 11.6 Å². The molecule has 22 heavy (non-hydrogen) atoms. The quantitative estimate of drug-likeness (QED) is 0.669. The minimum atomic E-state index is -0.427. The molecule has 2 aromatic rings. The van der Waals surface area contributed by atoms with Crippen LogP contribution in [0.25, 0.3) is 0 Å². The number of rotatable bonds is 4. The molecule has 0 heterocycles. The monoisotopic (exact) mass is 316 g/mol. The Balaban J connectivity index is 1.87. The van der Waals surface area contributed by atoms with E-state index >= 15 is 0 Å². The number of benzene rings is 2. The molecule has 0 saturated carbocycles. The Morgan fingerprint density at radius 1 is 1.18 bits per heavy atom. The first-order valence-corrected chi connectivity index (χ1v) is 7.05. The second-order valence-corrected chi connectivity index (χ2v) is 5.26. The zero-order valence-corrected chi connectivity index (χ0v) is 13.1. The highest BCUT2D eigenvalue weighted by Crippen LogP contribution is 2.14. The van der Waals surface area contributed by atoms with Crippen molar-refractivity contribution in [2.75, 3.05) is 24.3 Å². The van der Waals surface area contributed by atoms with Crippen molar-refractivity contribution < 1.29 is 4.79 Å². The van der Waals surface area contributed by atoms with Crippen molar-refractivity contribution in [1.29, 1.82) is 0 Å². The standard InChI is InChI=1S/C16H17ClN4O/c1-21(2)15-8-6-12(7-9-15)11-18-20-16(22)19-14-5-3-4-13(17)10-14/h3-11H,1-2H3,(H2,19,20,22). The highest BCUT2D eigenvalue weighted by Gasteiger charge is 2.00. The van der Waals surface area contributed by atoms with Crippen molar-refractivity contribution in [2.45, 2.75) is 0 Å². The van der Waals surface area contributed by atoms with E-state index in [0.717, 1.165) is 11.3 Å². The third-order valence-electron chi connectivity index (χ3n) is 2.87. The predicted molar refractivity (Wildman–Crippen MR) is 92.0 cm³/mol. The van der Waals surface area contributed by atoms with E-state index in [1.165, 1.54) is 0 Å². The minimum Gasteiger partial charge on any atom is -0.378 e. The average molecular weight is 317 g/mol. The second-order valence-electron chi connectivity index (χ2n) is 4.82. The maximum absolute atomic E-state index is 11.7. The van der Waals surface area contributed by atoms with Gasteiger partial charge < -0.3 is 10.2 Å². The molecule has 0 spiro atoms. The molecule has 0 aliphatic heterocycles. The number of urea groups is 1. The summed E-state index contributed by atoms with van der Waals surface area (Å²) in [4.78, 5) is 13.7. The lowest BCUT2D eigenvalue weighted by atomic mass is 10.2. The van der Waals surface area contributed by atoms with Gasteiger partial charge in [-0.3, -0.25) is 0 Å². The van der Waals surface area contributed by atoms with Crippen LogP contribution in [0, 0.1) is 0 Å². The number of nitrogens with one attached hydrogen (secondary N) is 2. The summed E-state index contributed by atoms with van der Waals surface area (Å²) >= 11 is 5.84. The number of amides is 2. The van der Waals surface area contributed by atoms with Crippen LogP contribution in [0.1, 0.15) is 5.56 Å². The fourth-order valence-electron chi connectivity index (χ4n) is 1.75. The van der Waals surface area contributed by atoms with Crippen molar-refractivity contribution >= 4 is 35.2 Å². The van der Waals surface area contributed by atoms with E-state index in [0.29, 0.717) is 10.7 Å². The molecule has 0 radical (unpaired) electrons. The highest BCUT2D eigenvalue weighted by atomic mass is 35.5. The van der Waals surface area contributed by atoms with Gasteiger partial charge in [0.05, 0.1) is 6.21 Å². The summed E-state index contributed by atoms with van der Waals surface area (Å²) < 4.78 is 0. The summed E-state index contributed by atoms with van der Waals surface area (Å²) in [7, 11) is 3.95. The molecule has 2 aromatic carbocycles. The lowest BCUT2D eigenvalue weighted by Gasteiger charge is -2.11. The third kappa shape index (κ3) is 4.79.